The summed E-state index contributed by atoms with van der Waals surface area (Å²) in [6, 6.07) is 10.1. The van der Waals surface area contributed by atoms with Crippen LogP contribution < -0.4 is 4.74 Å². The molecule has 0 aliphatic heterocycles. The summed E-state index contributed by atoms with van der Waals surface area (Å²) in [5.41, 5.74) is 1.16. The van der Waals surface area contributed by atoms with E-state index >= 15 is 0 Å². The van der Waals surface area contributed by atoms with Gasteiger partial charge in [-0.3, -0.25) is 0 Å². The van der Waals surface area contributed by atoms with Crippen molar-refractivity contribution in [3.05, 3.63) is 44.8 Å². The van der Waals surface area contributed by atoms with Gasteiger partial charge in [-0.05, 0) is 39.7 Å². The van der Waals surface area contributed by atoms with Crippen LogP contribution in [0.25, 0.3) is 0 Å². The second kappa shape index (κ2) is 4.75. The van der Waals surface area contributed by atoms with Gasteiger partial charge >= 0.3 is 0 Å². The Morgan fingerprint density at radius 2 is 2.07 bits per heavy atom. The van der Waals surface area contributed by atoms with Crippen molar-refractivity contribution in [3.63, 3.8) is 0 Å². The van der Waals surface area contributed by atoms with E-state index < -0.39 is 0 Å². The summed E-state index contributed by atoms with van der Waals surface area (Å²) in [5.74, 6) is 0.736. The molecule has 1 heterocycles. The van der Waals surface area contributed by atoms with Crippen molar-refractivity contribution in [2.45, 2.75) is 6.61 Å². The van der Waals surface area contributed by atoms with E-state index in [0.717, 1.165) is 15.0 Å². The highest BCUT2D eigenvalue weighted by atomic mass is 127. The molecule has 0 aliphatic carbocycles. The molecule has 0 atom stereocenters. The van der Waals surface area contributed by atoms with Crippen molar-refractivity contribution in [1.29, 1.82) is 0 Å². The van der Waals surface area contributed by atoms with Crippen molar-refractivity contribution < 1.29 is 4.74 Å². The quantitative estimate of drug-likeness (QED) is 0.810. The zero-order chi connectivity index (χ0) is 9.80. The van der Waals surface area contributed by atoms with Crippen molar-refractivity contribution in [2.24, 2.45) is 0 Å². The Labute approximate surface area is 100 Å². The van der Waals surface area contributed by atoms with E-state index in [4.69, 9.17) is 4.74 Å². The fourth-order valence-electron chi connectivity index (χ4n) is 1.04. The van der Waals surface area contributed by atoms with E-state index in [1.54, 1.807) is 0 Å². The lowest BCUT2D eigenvalue weighted by Crippen LogP contribution is -1.95. The lowest BCUT2D eigenvalue weighted by atomic mass is 10.2. The standard InChI is InChI=1S/C10H8INOS/c11-9-7-14-12-10(9)13-6-8-4-2-1-3-5-8/h1-5,7H,6H2. The molecule has 0 N–H and O–H groups in total. The Kier molecular flexibility index (Phi) is 3.36. The molecule has 2 nitrogen and oxygen atoms in total. The molecular weight excluding hydrogens is 309 g/mol. The number of aromatic nitrogens is 1. The van der Waals surface area contributed by atoms with E-state index in [1.165, 1.54) is 11.5 Å². The fraction of sp³-hybridized carbons (Fsp3) is 0.100. The van der Waals surface area contributed by atoms with Gasteiger partial charge in [-0.1, -0.05) is 30.3 Å². The van der Waals surface area contributed by atoms with E-state index in [0.29, 0.717) is 6.61 Å². The van der Waals surface area contributed by atoms with Crippen LogP contribution in [0.4, 0.5) is 0 Å². The van der Waals surface area contributed by atoms with Crippen LogP contribution in [0.3, 0.4) is 0 Å². The first-order valence-electron chi connectivity index (χ1n) is 4.13. The van der Waals surface area contributed by atoms with Crippen LogP contribution in [-0.2, 0) is 6.61 Å². The van der Waals surface area contributed by atoms with Crippen molar-refractivity contribution in [1.82, 2.24) is 4.37 Å². The van der Waals surface area contributed by atoms with Crippen LogP contribution >= 0.6 is 34.1 Å². The first-order valence-corrected chi connectivity index (χ1v) is 6.04. The van der Waals surface area contributed by atoms with Gasteiger partial charge in [0, 0.05) is 5.38 Å². The third-order valence-corrected chi connectivity index (χ3v) is 3.52. The topological polar surface area (TPSA) is 22.1 Å². The zero-order valence-corrected chi connectivity index (χ0v) is 10.3. The Hall–Kier alpha value is -0.620. The first kappa shape index (κ1) is 9.92. The van der Waals surface area contributed by atoms with E-state index in [-0.39, 0.29) is 0 Å². The number of nitrogens with zero attached hydrogens (tertiary/aromatic N) is 1. The molecule has 72 valence electrons. The predicted molar refractivity (Wildman–Crippen MR) is 65.6 cm³/mol. The summed E-state index contributed by atoms with van der Waals surface area (Å²) in [7, 11) is 0. The van der Waals surface area contributed by atoms with E-state index in [9.17, 15) is 0 Å². The molecular formula is C10H8INOS. The number of rotatable bonds is 3. The van der Waals surface area contributed by atoms with Crippen LogP contribution in [0.1, 0.15) is 5.56 Å². The minimum atomic E-state index is 0.584. The Morgan fingerprint density at radius 1 is 1.29 bits per heavy atom. The Morgan fingerprint density at radius 3 is 2.71 bits per heavy atom. The number of ether oxygens (including phenoxy) is 1. The van der Waals surface area contributed by atoms with Crippen molar-refractivity contribution in [3.8, 4) is 5.88 Å². The second-order valence-electron chi connectivity index (χ2n) is 2.74. The predicted octanol–water partition coefficient (Wildman–Crippen LogP) is 3.33. The van der Waals surface area contributed by atoms with Crippen LogP contribution in [0.5, 0.6) is 5.88 Å². The summed E-state index contributed by atoms with van der Waals surface area (Å²) >= 11 is 3.64. The average molecular weight is 317 g/mol. The molecule has 14 heavy (non-hydrogen) atoms. The van der Waals surface area contributed by atoms with Gasteiger partial charge in [0.15, 0.2) is 0 Å². The monoisotopic (exact) mass is 317 g/mol. The molecule has 0 radical (unpaired) electrons. The van der Waals surface area contributed by atoms with Gasteiger partial charge in [-0.15, -0.1) is 0 Å². The van der Waals surface area contributed by atoms with E-state index in [1.807, 2.05) is 35.7 Å². The maximum atomic E-state index is 5.55. The summed E-state index contributed by atoms with van der Waals surface area (Å²) in [6.07, 6.45) is 0. The SMILES string of the molecule is Ic1csnc1OCc1ccccc1. The molecule has 0 fully saturated rings. The lowest BCUT2D eigenvalue weighted by molar-refractivity contribution is 0.295. The number of benzene rings is 1. The highest BCUT2D eigenvalue weighted by molar-refractivity contribution is 14.1. The molecule has 0 unspecified atom stereocenters. The Balaban J connectivity index is 1.99. The highest BCUT2D eigenvalue weighted by Gasteiger charge is 2.03. The maximum Gasteiger partial charge on any atom is 0.239 e. The smallest absolute Gasteiger partial charge is 0.239 e. The van der Waals surface area contributed by atoms with Crippen LogP contribution in [0.2, 0.25) is 0 Å². The Bertz CT molecular complexity index is 402. The third kappa shape index (κ3) is 2.45. The molecule has 1 aromatic carbocycles. The summed E-state index contributed by atoms with van der Waals surface area (Å²) in [6.45, 7) is 0.584. The van der Waals surface area contributed by atoms with Crippen molar-refractivity contribution >= 4 is 34.1 Å². The van der Waals surface area contributed by atoms with Crippen LogP contribution in [-0.4, -0.2) is 4.37 Å². The molecule has 0 aliphatic rings. The van der Waals surface area contributed by atoms with Gasteiger partial charge < -0.3 is 4.74 Å². The van der Waals surface area contributed by atoms with Gasteiger partial charge in [0.25, 0.3) is 0 Å². The van der Waals surface area contributed by atoms with Gasteiger partial charge in [0.05, 0.1) is 3.57 Å². The normalized spacial score (nSPS) is 10.1. The number of hydrogen-bond acceptors (Lipinski definition) is 3. The molecule has 4 heteroatoms. The highest BCUT2D eigenvalue weighted by Crippen LogP contribution is 2.21. The van der Waals surface area contributed by atoms with E-state index in [2.05, 4.69) is 27.0 Å². The molecule has 2 aromatic rings. The summed E-state index contributed by atoms with van der Waals surface area (Å²) in [5, 5.41) is 1.97. The third-order valence-electron chi connectivity index (χ3n) is 1.71. The maximum absolute atomic E-state index is 5.55. The molecule has 0 amide bonds. The summed E-state index contributed by atoms with van der Waals surface area (Å²) in [4.78, 5) is 0. The molecule has 1 aromatic heterocycles. The molecule has 0 saturated heterocycles. The van der Waals surface area contributed by atoms with Gasteiger partial charge in [-0.25, -0.2) is 0 Å². The number of hydrogen-bond donors (Lipinski definition) is 0. The molecule has 0 spiro atoms. The van der Waals surface area contributed by atoms with Crippen molar-refractivity contribution in [2.75, 3.05) is 0 Å². The number of halogens is 1. The summed E-state index contributed by atoms with van der Waals surface area (Å²) < 4.78 is 10.8. The zero-order valence-electron chi connectivity index (χ0n) is 7.31. The minimum absolute atomic E-state index is 0.584. The first-order chi connectivity index (χ1) is 6.86. The minimum Gasteiger partial charge on any atom is -0.471 e. The largest absolute Gasteiger partial charge is 0.471 e. The fourth-order valence-corrected chi connectivity index (χ4v) is 2.31. The van der Waals surface area contributed by atoms with Gasteiger partial charge in [-0.2, -0.15) is 4.37 Å². The lowest BCUT2D eigenvalue weighted by Gasteiger charge is -2.02. The van der Waals surface area contributed by atoms with Crippen LogP contribution in [0, 0.1) is 3.57 Å². The van der Waals surface area contributed by atoms with Gasteiger partial charge in [0.1, 0.15) is 6.61 Å². The molecule has 0 saturated carbocycles. The second-order valence-corrected chi connectivity index (χ2v) is 4.53. The van der Waals surface area contributed by atoms with Crippen LogP contribution in [0.15, 0.2) is 35.7 Å². The average Bonchev–Trinajstić information content (AvgIpc) is 2.63. The molecule has 0 bridgehead atoms. The van der Waals surface area contributed by atoms with Gasteiger partial charge in [0.2, 0.25) is 5.88 Å². The molecule has 2 rings (SSSR count).